The van der Waals surface area contributed by atoms with Crippen molar-refractivity contribution >= 4 is 51.6 Å². The van der Waals surface area contributed by atoms with Crippen LogP contribution >= 0.6 is 34.7 Å². The Labute approximate surface area is 227 Å². The molecule has 4 aromatic rings. The van der Waals surface area contributed by atoms with Gasteiger partial charge < -0.3 is 14.8 Å². The molecule has 0 saturated carbocycles. The SMILES string of the molecule is C=CCn1c(SCC(=O)Nc2scc(-c3ccccc3)c2C(=O)OC)nnc1-c1cc(Cl)ccc1OC. The third kappa shape index (κ3) is 5.87. The van der Waals surface area contributed by atoms with Crippen LogP contribution in [0.1, 0.15) is 10.4 Å². The molecule has 0 spiro atoms. The predicted molar refractivity (Wildman–Crippen MR) is 148 cm³/mol. The zero-order valence-corrected chi connectivity index (χ0v) is 22.5. The Kier molecular flexibility index (Phi) is 8.65. The Balaban J connectivity index is 1.55. The summed E-state index contributed by atoms with van der Waals surface area (Å²) >= 11 is 8.69. The molecule has 2 aromatic carbocycles. The highest BCUT2D eigenvalue weighted by Gasteiger charge is 2.23. The van der Waals surface area contributed by atoms with Crippen LogP contribution in [0, 0.1) is 0 Å². The lowest BCUT2D eigenvalue weighted by atomic mass is 10.0. The number of aromatic nitrogens is 3. The van der Waals surface area contributed by atoms with Crippen molar-refractivity contribution in [1.29, 1.82) is 0 Å². The molecular weight excluding hydrogens is 532 g/mol. The van der Waals surface area contributed by atoms with Gasteiger partial charge in [0.05, 0.1) is 25.5 Å². The zero-order chi connectivity index (χ0) is 26.4. The topological polar surface area (TPSA) is 95.3 Å². The van der Waals surface area contributed by atoms with Gasteiger partial charge in [-0.2, -0.15) is 0 Å². The van der Waals surface area contributed by atoms with E-state index in [1.165, 1.54) is 30.2 Å². The van der Waals surface area contributed by atoms with E-state index in [4.69, 9.17) is 21.1 Å². The predicted octanol–water partition coefficient (Wildman–Crippen LogP) is 6.04. The van der Waals surface area contributed by atoms with Crippen LogP contribution in [-0.2, 0) is 16.1 Å². The number of allylic oxidation sites excluding steroid dienone is 1. The molecule has 0 atom stereocenters. The number of rotatable bonds is 10. The fourth-order valence-electron chi connectivity index (χ4n) is 3.62. The minimum atomic E-state index is -0.520. The molecular formula is C26H23ClN4O4S2. The number of anilines is 1. The molecule has 8 nitrogen and oxygen atoms in total. The minimum Gasteiger partial charge on any atom is -0.496 e. The third-order valence-corrected chi connectivity index (χ3v) is 7.38. The Morgan fingerprint density at radius 3 is 2.65 bits per heavy atom. The Morgan fingerprint density at radius 1 is 1.16 bits per heavy atom. The first-order valence-electron chi connectivity index (χ1n) is 11.0. The van der Waals surface area contributed by atoms with Crippen molar-refractivity contribution in [3.8, 4) is 28.3 Å². The van der Waals surface area contributed by atoms with Crippen molar-refractivity contribution in [1.82, 2.24) is 14.8 Å². The summed E-state index contributed by atoms with van der Waals surface area (Å²) in [6, 6.07) is 14.7. The summed E-state index contributed by atoms with van der Waals surface area (Å²) in [6.45, 7) is 4.24. The van der Waals surface area contributed by atoms with Gasteiger partial charge in [-0.1, -0.05) is 59.8 Å². The van der Waals surface area contributed by atoms with Crippen molar-refractivity contribution < 1.29 is 19.1 Å². The van der Waals surface area contributed by atoms with E-state index in [9.17, 15) is 9.59 Å². The molecule has 11 heteroatoms. The number of carbonyl (C=O) groups is 2. The lowest BCUT2D eigenvalue weighted by Crippen LogP contribution is -2.16. The highest BCUT2D eigenvalue weighted by Crippen LogP contribution is 2.37. The molecule has 0 bridgehead atoms. The lowest BCUT2D eigenvalue weighted by Gasteiger charge is -2.11. The van der Waals surface area contributed by atoms with Gasteiger partial charge in [0.15, 0.2) is 11.0 Å². The number of hydrogen-bond acceptors (Lipinski definition) is 8. The van der Waals surface area contributed by atoms with Crippen molar-refractivity contribution in [3.63, 3.8) is 0 Å². The van der Waals surface area contributed by atoms with Crippen LogP contribution in [0.25, 0.3) is 22.5 Å². The third-order valence-electron chi connectivity index (χ3n) is 5.28. The maximum Gasteiger partial charge on any atom is 0.341 e. The standard InChI is InChI=1S/C26H23ClN4O4S2/c1-4-12-31-23(18-13-17(27)10-11-20(18)34-2)29-30-26(31)37-15-21(32)28-24-22(25(33)35-3)19(14-36-24)16-8-6-5-7-9-16/h4-11,13-14H,1,12,15H2,2-3H3,(H,28,32). The van der Waals surface area contributed by atoms with Gasteiger partial charge in [0.2, 0.25) is 5.91 Å². The van der Waals surface area contributed by atoms with E-state index in [0.29, 0.717) is 50.0 Å². The molecule has 0 saturated heterocycles. The van der Waals surface area contributed by atoms with Gasteiger partial charge in [0.1, 0.15) is 16.3 Å². The fourth-order valence-corrected chi connectivity index (χ4v) is 5.51. The van der Waals surface area contributed by atoms with Crippen LogP contribution in [0.2, 0.25) is 5.02 Å². The number of benzene rings is 2. The van der Waals surface area contributed by atoms with Gasteiger partial charge in [-0.15, -0.1) is 28.1 Å². The summed E-state index contributed by atoms with van der Waals surface area (Å²) in [6.07, 6.45) is 1.72. The number of carbonyl (C=O) groups excluding carboxylic acids is 2. The van der Waals surface area contributed by atoms with E-state index in [0.717, 1.165) is 5.56 Å². The van der Waals surface area contributed by atoms with Crippen molar-refractivity contribution in [2.45, 2.75) is 11.7 Å². The molecule has 1 N–H and O–H groups in total. The number of ether oxygens (including phenoxy) is 2. The van der Waals surface area contributed by atoms with E-state index in [1.54, 1.807) is 31.4 Å². The number of halogens is 1. The van der Waals surface area contributed by atoms with Crippen molar-refractivity contribution in [3.05, 3.63) is 77.2 Å². The number of methoxy groups -OCH3 is 2. The van der Waals surface area contributed by atoms with Gasteiger partial charge in [-0.3, -0.25) is 9.36 Å². The maximum atomic E-state index is 12.9. The summed E-state index contributed by atoms with van der Waals surface area (Å²) in [5, 5.41) is 14.7. The number of amides is 1. The summed E-state index contributed by atoms with van der Waals surface area (Å²) in [4.78, 5) is 25.5. The number of thioether (sulfide) groups is 1. The highest BCUT2D eigenvalue weighted by molar-refractivity contribution is 7.99. The Morgan fingerprint density at radius 2 is 1.95 bits per heavy atom. The maximum absolute atomic E-state index is 12.9. The molecule has 0 aliphatic heterocycles. The fraction of sp³-hybridized carbons (Fsp3) is 0.154. The average molecular weight is 555 g/mol. The molecule has 0 fully saturated rings. The smallest absolute Gasteiger partial charge is 0.341 e. The Bertz CT molecular complexity index is 1440. The van der Waals surface area contributed by atoms with Crippen LogP contribution in [0.15, 0.2) is 71.7 Å². The molecule has 0 unspecified atom stereocenters. The quantitative estimate of drug-likeness (QED) is 0.145. The summed E-state index contributed by atoms with van der Waals surface area (Å²) in [7, 11) is 2.88. The van der Waals surface area contributed by atoms with E-state index in [-0.39, 0.29) is 11.7 Å². The van der Waals surface area contributed by atoms with Crippen LogP contribution in [0.5, 0.6) is 5.75 Å². The van der Waals surface area contributed by atoms with Gasteiger partial charge in [0.25, 0.3) is 0 Å². The molecule has 1 amide bonds. The number of nitrogens with zero attached hydrogens (tertiary/aromatic N) is 3. The molecule has 2 aromatic heterocycles. The molecule has 0 radical (unpaired) electrons. The van der Waals surface area contributed by atoms with Crippen LogP contribution in [-0.4, -0.2) is 46.6 Å². The van der Waals surface area contributed by atoms with E-state index >= 15 is 0 Å². The second kappa shape index (κ2) is 12.1. The average Bonchev–Trinajstić information content (AvgIpc) is 3.51. The van der Waals surface area contributed by atoms with E-state index in [2.05, 4.69) is 22.1 Å². The van der Waals surface area contributed by atoms with E-state index in [1.807, 2.05) is 40.3 Å². The first kappa shape index (κ1) is 26.5. The Hall–Kier alpha value is -3.60. The van der Waals surface area contributed by atoms with Gasteiger partial charge in [0, 0.05) is 22.5 Å². The van der Waals surface area contributed by atoms with Crippen LogP contribution < -0.4 is 10.1 Å². The molecule has 0 aliphatic rings. The molecule has 0 aliphatic carbocycles. The highest BCUT2D eigenvalue weighted by atomic mass is 35.5. The zero-order valence-electron chi connectivity index (χ0n) is 20.1. The van der Waals surface area contributed by atoms with Crippen LogP contribution in [0.3, 0.4) is 0 Å². The van der Waals surface area contributed by atoms with E-state index < -0.39 is 5.97 Å². The molecule has 37 heavy (non-hydrogen) atoms. The molecule has 4 rings (SSSR count). The number of hydrogen-bond donors (Lipinski definition) is 1. The summed E-state index contributed by atoms with van der Waals surface area (Å²) < 4.78 is 12.3. The number of thiophene rings is 1. The normalized spacial score (nSPS) is 10.7. The second-order valence-electron chi connectivity index (χ2n) is 7.60. The monoisotopic (exact) mass is 554 g/mol. The van der Waals surface area contributed by atoms with Crippen molar-refractivity contribution in [2.75, 3.05) is 25.3 Å². The number of nitrogens with one attached hydrogen (secondary N) is 1. The first-order valence-corrected chi connectivity index (χ1v) is 13.3. The number of esters is 1. The van der Waals surface area contributed by atoms with Gasteiger partial charge in [-0.05, 0) is 23.8 Å². The van der Waals surface area contributed by atoms with Crippen molar-refractivity contribution in [2.24, 2.45) is 0 Å². The second-order valence-corrected chi connectivity index (χ2v) is 9.86. The first-order chi connectivity index (χ1) is 18.0. The van der Waals surface area contributed by atoms with Crippen LogP contribution in [0.4, 0.5) is 5.00 Å². The van der Waals surface area contributed by atoms with Gasteiger partial charge >= 0.3 is 5.97 Å². The molecule has 2 heterocycles. The summed E-state index contributed by atoms with van der Waals surface area (Å²) in [5.74, 6) is 0.362. The minimum absolute atomic E-state index is 0.0428. The molecule has 190 valence electrons. The lowest BCUT2D eigenvalue weighted by molar-refractivity contribution is -0.113. The summed E-state index contributed by atoms with van der Waals surface area (Å²) in [5.41, 5.74) is 2.55. The largest absolute Gasteiger partial charge is 0.496 e. The van der Waals surface area contributed by atoms with Gasteiger partial charge in [-0.25, -0.2) is 4.79 Å².